The van der Waals surface area contributed by atoms with Gasteiger partial charge in [0.05, 0.1) is 18.9 Å². The number of urea groups is 1. The Labute approximate surface area is 208 Å². The molecule has 3 rings (SSSR count). The number of anilines is 2. The SMILES string of the molecule is CCCOc1ccc(N2C(=O)C(=O)N(CC(=O)Nc3ccc(C(=O)NC)cc3)C2=O)cc1OCCC. The second-order valence-electron chi connectivity index (χ2n) is 7.85. The van der Waals surface area contributed by atoms with Crippen molar-refractivity contribution in [2.75, 3.05) is 37.0 Å². The molecule has 2 aromatic rings. The van der Waals surface area contributed by atoms with Crippen molar-refractivity contribution in [2.24, 2.45) is 0 Å². The summed E-state index contributed by atoms with van der Waals surface area (Å²) in [5, 5.41) is 5.03. The van der Waals surface area contributed by atoms with Gasteiger partial charge >= 0.3 is 17.8 Å². The van der Waals surface area contributed by atoms with Crippen LogP contribution in [0.2, 0.25) is 0 Å². The summed E-state index contributed by atoms with van der Waals surface area (Å²) in [6, 6.07) is 9.60. The lowest BCUT2D eigenvalue weighted by Gasteiger charge is -2.18. The number of hydrogen-bond donors (Lipinski definition) is 2. The third kappa shape index (κ3) is 5.80. The molecule has 11 nitrogen and oxygen atoms in total. The summed E-state index contributed by atoms with van der Waals surface area (Å²) in [6.07, 6.45) is 1.51. The number of nitrogens with zero attached hydrogens (tertiary/aromatic N) is 2. The lowest BCUT2D eigenvalue weighted by molar-refractivity contribution is -0.140. The largest absolute Gasteiger partial charge is 0.490 e. The second kappa shape index (κ2) is 11.8. The quantitative estimate of drug-likeness (QED) is 0.361. The fourth-order valence-corrected chi connectivity index (χ4v) is 3.36. The molecule has 0 atom stereocenters. The van der Waals surface area contributed by atoms with E-state index in [2.05, 4.69) is 10.6 Å². The molecule has 0 radical (unpaired) electrons. The minimum Gasteiger partial charge on any atom is -0.490 e. The van der Waals surface area contributed by atoms with Crippen molar-refractivity contribution in [2.45, 2.75) is 26.7 Å². The van der Waals surface area contributed by atoms with Crippen LogP contribution < -0.4 is 25.0 Å². The fourth-order valence-electron chi connectivity index (χ4n) is 3.36. The average molecular weight is 497 g/mol. The summed E-state index contributed by atoms with van der Waals surface area (Å²) in [6.45, 7) is 4.08. The lowest BCUT2D eigenvalue weighted by atomic mass is 10.2. The molecule has 1 aliphatic rings. The van der Waals surface area contributed by atoms with Crippen molar-refractivity contribution in [3.8, 4) is 11.5 Å². The van der Waals surface area contributed by atoms with Gasteiger partial charge in [-0.25, -0.2) is 14.6 Å². The van der Waals surface area contributed by atoms with Crippen LogP contribution in [0.15, 0.2) is 42.5 Å². The molecule has 0 aliphatic carbocycles. The highest BCUT2D eigenvalue weighted by molar-refractivity contribution is 6.53. The van der Waals surface area contributed by atoms with Crippen LogP contribution in [-0.4, -0.2) is 61.4 Å². The zero-order valence-corrected chi connectivity index (χ0v) is 20.3. The predicted molar refractivity (Wildman–Crippen MR) is 131 cm³/mol. The number of imide groups is 2. The van der Waals surface area contributed by atoms with Gasteiger partial charge in [-0.15, -0.1) is 0 Å². The molecule has 0 spiro atoms. The van der Waals surface area contributed by atoms with Gasteiger partial charge in [-0.05, 0) is 49.2 Å². The van der Waals surface area contributed by atoms with E-state index in [4.69, 9.17) is 9.47 Å². The first-order valence-electron chi connectivity index (χ1n) is 11.5. The van der Waals surface area contributed by atoms with Crippen LogP contribution in [0.1, 0.15) is 37.0 Å². The van der Waals surface area contributed by atoms with Crippen molar-refractivity contribution < 1.29 is 33.4 Å². The molecule has 2 N–H and O–H groups in total. The zero-order valence-electron chi connectivity index (χ0n) is 20.3. The van der Waals surface area contributed by atoms with Crippen molar-refractivity contribution in [1.29, 1.82) is 0 Å². The summed E-state index contributed by atoms with van der Waals surface area (Å²) >= 11 is 0. The Bertz CT molecular complexity index is 1160. The van der Waals surface area contributed by atoms with Crippen LogP contribution >= 0.6 is 0 Å². The number of benzene rings is 2. The molecule has 1 saturated heterocycles. The molecule has 36 heavy (non-hydrogen) atoms. The third-order valence-corrected chi connectivity index (χ3v) is 5.12. The Balaban J connectivity index is 1.74. The molecule has 0 aromatic heterocycles. The molecule has 2 aromatic carbocycles. The van der Waals surface area contributed by atoms with Crippen LogP contribution in [0.25, 0.3) is 0 Å². The molecular formula is C25H28N4O7. The van der Waals surface area contributed by atoms with Crippen molar-refractivity contribution >= 4 is 41.0 Å². The van der Waals surface area contributed by atoms with Crippen LogP contribution in [0.4, 0.5) is 16.2 Å². The third-order valence-electron chi connectivity index (χ3n) is 5.12. The first-order valence-corrected chi connectivity index (χ1v) is 11.5. The topological polar surface area (TPSA) is 134 Å². The van der Waals surface area contributed by atoms with E-state index in [-0.39, 0.29) is 11.6 Å². The van der Waals surface area contributed by atoms with Crippen LogP contribution in [0.5, 0.6) is 11.5 Å². The van der Waals surface area contributed by atoms with Gasteiger partial charge in [0, 0.05) is 24.4 Å². The lowest BCUT2D eigenvalue weighted by Crippen LogP contribution is -2.39. The Morgan fingerprint density at radius 1 is 0.861 bits per heavy atom. The summed E-state index contributed by atoms with van der Waals surface area (Å²) in [5.41, 5.74) is 0.881. The van der Waals surface area contributed by atoms with Crippen molar-refractivity contribution in [3.05, 3.63) is 48.0 Å². The van der Waals surface area contributed by atoms with Gasteiger partial charge in [0.15, 0.2) is 11.5 Å². The molecule has 1 fully saturated rings. The van der Waals surface area contributed by atoms with Crippen LogP contribution in [-0.2, 0) is 14.4 Å². The van der Waals surface area contributed by atoms with Gasteiger partial charge in [-0.2, -0.15) is 0 Å². The molecule has 0 saturated carbocycles. The van der Waals surface area contributed by atoms with E-state index in [1.807, 2.05) is 13.8 Å². The standard InChI is InChI=1S/C25H28N4O7/c1-4-12-35-19-11-10-18(14-20(19)36-13-5-2)29-24(33)23(32)28(25(29)34)15-21(30)27-17-8-6-16(7-9-17)22(31)26-3/h6-11,14H,4-5,12-13,15H2,1-3H3,(H,26,31)(H,27,30). The minimum atomic E-state index is -1.12. The normalized spacial score (nSPS) is 13.1. The molecule has 6 amide bonds. The van der Waals surface area contributed by atoms with E-state index in [1.165, 1.54) is 43.4 Å². The number of carbonyl (C=O) groups excluding carboxylic acids is 5. The molecule has 0 unspecified atom stereocenters. The molecule has 1 heterocycles. The highest BCUT2D eigenvalue weighted by atomic mass is 16.5. The van der Waals surface area contributed by atoms with Crippen LogP contribution in [0.3, 0.4) is 0 Å². The number of carbonyl (C=O) groups is 5. The second-order valence-corrected chi connectivity index (χ2v) is 7.85. The van der Waals surface area contributed by atoms with Gasteiger partial charge in [0.2, 0.25) is 5.91 Å². The van der Waals surface area contributed by atoms with Gasteiger partial charge in [-0.1, -0.05) is 13.8 Å². The smallest absolute Gasteiger partial charge is 0.339 e. The molecule has 11 heteroatoms. The van der Waals surface area contributed by atoms with E-state index in [0.29, 0.717) is 45.8 Å². The molecule has 0 bridgehead atoms. The Hall–Kier alpha value is -4.41. The number of amides is 6. The number of ether oxygens (including phenoxy) is 2. The minimum absolute atomic E-state index is 0.126. The van der Waals surface area contributed by atoms with Gasteiger partial charge in [0.25, 0.3) is 5.91 Å². The Morgan fingerprint density at radius 3 is 2.11 bits per heavy atom. The van der Waals surface area contributed by atoms with E-state index < -0.39 is 30.3 Å². The first kappa shape index (κ1) is 26.2. The Morgan fingerprint density at radius 2 is 1.50 bits per heavy atom. The first-order chi connectivity index (χ1) is 17.3. The predicted octanol–water partition coefficient (Wildman–Crippen LogP) is 2.56. The maximum absolute atomic E-state index is 13.0. The number of nitrogens with one attached hydrogen (secondary N) is 2. The van der Waals surface area contributed by atoms with E-state index in [9.17, 15) is 24.0 Å². The van der Waals surface area contributed by atoms with Gasteiger partial charge in [-0.3, -0.25) is 19.2 Å². The van der Waals surface area contributed by atoms with Gasteiger partial charge < -0.3 is 20.1 Å². The monoisotopic (exact) mass is 496 g/mol. The molecule has 190 valence electrons. The highest BCUT2D eigenvalue weighted by Crippen LogP contribution is 2.34. The number of rotatable bonds is 11. The average Bonchev–Trinajstić information content (AvgIpc) is 3.09. The number of hydrogen-bond acceptors (Lipinski definition) is 7. The van der Waals surface area contributed by atoms with Crippen LogP contribution in [0, 0.1) is 0 Å². The molecular weight excluding hydrogens is 468 g/mol. The van der Waals surface area contributed by atoms with Crippen molar-refractivity contribution in [1.82, 2.24) is 10.2 Å². The fraction of sp³-hybridized carbons (Fsp3) is 0.320. The van der Waals surface area contributed by atoms with E-state index >= 15 is 0 Å². The Kier molecular flexibility index (Phi) is 8.61. The maximum atomic E-state index is 13.0. The van der Waals surface area contributed by atoms with E-state index in [0.717, 1.165) is 12.8 Å². The van der Waals surface area contributed by atoms with Crippen molar-refractivity contribution in [3.63, 3.8) is 0 Å². The molecule has 1 aliphatic heterocycles. The van der Waals surface area contributed by atoms with E-state index in [1.54, 1.807) is 6.07 Å². The summed E-state index contributed by atoms with van der Waals surface area (Å²) in [4.78, 5) is 63.6. The summed E-state index contributed by atoms with van der Waals surface area (Å²) < 4.78 is 11.4. The maximum Gasteiger partial charge on any atom is 0.339 e. The summed E-state index contributed by atoms with van der Waals surface area (Å²) in [5.74, 6) is -2.37. The zero-order chi connectivity index (χ0) is 26.2. The summed E-state index contributed by atoms with van der Waals surface area (Å²) in [7, 11) is 1.50. The highest BCUT2D eigenvalue weighted by Gasteiger charge is 2.46. The van der Waals surface area contributed by atoms with Gasteiger partial charge in [0.1, 0.15) is 6.54 Å².